The quantitative estimate of drug-likeness (QED) is 0.455. The maximum Gasteiger partial charge on any atom is 0.176 e. The second kappa shape index (κ2) is 8.18. The molecule has 1 heterocycles. The van der Waals surface area contributed by atoms with Crippen molar-refractivity contribution >= 4 is 28.6 Å². The van der Waals surface area contributed by atoms with Gasteiger partial charge in [0.15, 0.2) is 10.9 Å². The van der Waals surface area contributed by atoms with E-state index in [9.17, 15) is 4.79 Å². The number of fused-ring (bicyclic) bond motifs is 1. The van der Waals surface area contributed by atoms with Crippen molar-refractivity contribution in [3.63, 3.8) is 0 Å². The van der Waals surface area contributed by atoms with Crippen molar-refractivity contribution in [1.29, 1.82) is 0 Å². The fourth-order valence-corrected chi connectivity index (χ4v) is 3.57. The molecule has 3 aromatic rings. The summed E-state index contributed by atoms with van der Waals surface area (Å²) in [6.45, 7) is 1.29. The summed E-state index contributed by atoms with van der Waals surface area (Å²) in [5.74, 6) is 0.922. The van der Waals surface area contributed by atoms with Gasteiger partial charge in [0.2, 0.25) is 0 Å². The topological polar surface area (TPSA) is 53.4 Å². The Labute approximate surface area is 151 Å². The lowest BCUT2D eigenvalue weighted by Crippen LogP contribution is -2.08. The molecule has 0 amide bonds. The lowest BCUT2D eigenvalue weighted by molar-refractivity contribution is 0.101. The Hall–Kier alpha value is -2.31. The van der Waals surface area contributed by atoms with E-state index >= 15 is 0 Å². The molecule has 0 saturated heterocycles. The Morgan fingerprint density at radius 1 is 1.12 bits per heavy atom. The number of carbonyl (C=O) groups excluding carboxylic acids is 1. The predicted octanol–water partition coefficient (Wildman–Crippen LogP) is 3.67. The molecule has 2 aromatic carbocycles. The van der Waals surface area contributed by atoms with Crippen molar-refractivity contribution < 1.29 is 14.3 Å². The number of carbonyl (C=O) groups is 1. The second-order valence-electron chi connectivity index (χ2n) is 5.44. The number of ketones is 1. The van der Waals surface area contributed by atoms with E-state index in [2.05, 4.69) is 9.55 Å². The van der Waals surface area contributed by atoms with Crippen molar-refractivity contribution in [1.82, 2.24) is 9.55 Å². The van der Waals surface area contributed by atoms with E-state index in [1.54, 1.807) is 26.4 Å². The number of nitrogens with zero attached hydrogens (tertiary/aromatic N) is 2. The number of hydrogen-bond donors (Lipinski definition) is 0. The molecule has 0 saturated carbocycles. The average molecular weight is 356 g/mol. The van der Waals surface area contributed by atoms with Crippen molar-refractivity contribution in [2.45, 2.75) is 11.7 Å². The van der Waals surface area contributed by atoms with Crippen LogP contribution in [0.2, 0.25) is 0 Å². The van der Waals surface area contributed by atoms with E-state index in [0.717, 1.165) is 16.2 Å². The van der Waals surface area contributed by atoms with Gasteiger partial charge in [-0.05, 0) is 24.3 Å². The van der Waals surface area contributed by atoms with Gasteiger partial charge in [0.05, 0.1) is 36.1 Å². The molecule has 5 nitrogen and oxygen atoms in total. The average Bonchev–Trinajstić information content (AvgIpc) is 3.01. The number of Topliss-reactive ketones (excluding diaryl/α,β-unsaturated/α-hetero) is 1. The maximum atomic E-state index is 12.6. The number of imidazole rings is 1. The fraction of sp³-hybridized carbons (Fsp3) is 0.263. The van der Waals surface area contributed by atoms with E-state index in [1.807, 2.05) is 36.4 Å². The number of methoxy groups -OCH3 is 2. The van der Waals surface area contributed by atoms with Gasteiger partial charge in [-0.15, -0.1) is 0 Å². The Bertz CT molecular complexity index is 876. The molecule has 25 heavy (non-hydrogen) atoms. The molecule has 0 spiro atoms. The standard InChI is InChI=1S/C19H20N2O3S/c1-23-12-11-21-16-9-5-4-8-15(16)20-19(21)25-13-17(22)14-7-3-6-10-18(14)24-2/h3-10H,11-13H2,1-2H3. The monoisotopic (exact) mass is 356 g/mol. The van der Waals surface area contributed by atoms with Crippen LogP contribution in [0, 0.1) is 0 Å². The van der Waals surface area contributed by atoms with Crippen LogP contribution in [0.1, 0.15) is 10.4 Å². The van der Waals surface area contributed by atoms with Crippen molar-refractivity contribution in [2.24, 2.45) is 0 Å². The largest absolute Gasteiger partial charge is 0.496 e. The SMILES string of the molecule is COCCn1c(SCC(=O)c2ccccc2OC)nc2ccccc21. The lowest BCUT2D eigenvalue weighted by Gasteiger charge is -2.09. The van der Waals surface area contributed by atoms with E-state index in [-0.39, 0.29) is 5.78 Å². The maximum absolute atomic E-state index is 12.6. The molecule has 0 aliphatic carbocycles. The molecule has 0 fully saturated rings. The molecule has 0 N–H and O–H groups in total. The molecule has 130 valence electrons. The third kappa shape index (κ3) is 3.86. The van der Waals surface area contributed by atoms with Crippen LogP contribution in [0.25, 0.3) is 11.0 Å². The summed E-state index contributed by atoms with van der Waals surface area (Å²) in [5, 5.41) is 0.821. The molecule has 0 bridgehead atoms. The highest BCUT2D eigenvalue weighted by Crippen LogP contribution is 2.26. The van der Waals surface area contributed by atoms with Gasteiger partial charge in [-0.1, -0.05) is 36.0 Å². The van der Waals surface area contributed by atoms with Crippen molar-refractivity contribution in [3.05, 3.63) is 54.1 Å². The van der Waals surface area contributed by atoms with E-state index in [0.29, 0.717) is 30.2 Å². The third-order valence-electron chi connectivity index (χ3n) is 3.88. The van der Waals surface area contributed by atoms with Gasteiger partial charge in [0.25, 0.3) is 0 Å². The Morgan fingerprint density at radius 2 is 1.88 bits per heavy atom. The zero-order valence-corrected chi connectivity index (χ0v) is 15.1. The summed E-state index contributed by atoms with van der Waals surface area (Å²) < 4.78 is 12.6. The number of aromatic nitrogens is 2. The van der Waals surface area contributed by atoms with Gasteiger partial charge in [-0.3, -0.25) is 4.79 Å². The minimum atomic E-state index is 0.0211. The highest BCUT2D eigenvalue weighted by Gasteiger charge is 2.16. The number of benzene rings is 2. The third-order valence-corrected chi connectivity index (χ3v) is 4.85. The predicted molar refractivity (Wildman–Crippen MR) is 99.7 cm³/mol. The zero-order valence-electron chi connectivity index (χ0n) is 14.3. The first-order valence-electron chi connectivity index (χ1n) is 7.98. The highest BCUT2D eigenvalue weighted by molar-refractivity contribution is 7.99. The van der Waals surface area contributed by atoms with Crippen LogP contribution in [0.4, 0.5) is 0 Å². The first-order valence-corrected chi connectivity index (χ1v) is 8.96. The lowest BCUT2D eigenvalue weighted by atomic mass is 10.1. The Balaban J connectivity index is 1.81. The van der Waals surface area contributed by atoms with Crippen LogP contribution >= 0.6 is 11.8 Å². The molecular formula is C19H20N2O3S. The van der Waals surface area contributed by atoms with Crippen LogP contribution in [-0.2, 0) is 11.3 Å². The summed E-state index contributed by atoms with van der Waals surface area (Å²) in [4.78, 5) is 17.2. The number of ether oxygens (including phenoxy) is 2. The smallest absolute Gasteiger partial charge is 0.176 e. The molecular weight excluding hydrogens is 336 g/mol. The zero-order chi connectivity index (χ0) is 17.6. The van der Waals surface area contributed by atoms with Gasteiger partial charge in [-0.2, -0.15) is 0 Å². The van der Waals surface area contributed by atoms with Crippen LogP contribution in [0.3, 0.4) is 0 Å². The van der Waals surface area contributed by atoms with Crippen LogP contribution < -0.4 is 4.74 Å². The molecule has 0 unspecified atom stereocenters. The second-order valence-corrected chi connectivity index (χ2v) is 6.38. The van der Waals surface area contributed by atoms with E-state index in [4.69, 9.17) is 9.47 Å². The molecule has 0 aliphatic heterocycles. The number of thioether (sulfide) groups is 1. The summed E-state index contributed by atoms with van der Waals surface area (Å²) in [6, 6.07) is 15.2. The van der Waals surface area contributed by atoms with Crippen molar-refractivity contribution in [3.8, 4) is 5.75 Å². The normalized spacial score (nSPS) is 11.0. The van der Waals surface area contributed by atoms with Crippen LogP contribution in [-0.4, -0.2) is 41.9 Å². The molecule has 1 aromatic heterocycles. The fourth-order valence-electron chi connectivity index (χ4n) is 2.65. The Kier molecular flexibility index (Phi) is 5.73. The summed E-state index contributed by atoms with van der Waals surface area (Å²) >= 11 is 1.44. The molecule has 6 heteroatoms. The van der Waals surface area contributed by atoms with Crippen LogP contribution in [0.5, 0.6) is 5.75 Å². The molecule has 0 radical (unpaired) electrons. The van der Waals surface area contributed by atoms with Gasteiger partial charge in [-0.25, -0.2) is 4.98 Å². The molecule has 0 aliphatic rings. The van der Waals surface area contributed by atoms with Gasteiger partial charge in [0.1, 0.15) is 5.75 Å². The van der Waals surface area contributed by atoms with Gasteiger partial charge >= 0.3 is 0 Å². The van der Waals surface area contributed by atoms with Gasteiger partial charge < -0.3 is 14.0 Å². The molecule has 0 atom stereocenters. The van der Waals surface area contributed by atoms with Crippen LogP contribution in [0.15, 0.2) is 53.7 Å². The number of hydrogen-bond acceptors (Lipinski definition) is 5. The summed E-state index contributed by atoms with van der Waals surface area (Å²) in [5.41, 5.74) is 2.56. The highest BCUT2D eigenvalue weighted by atomic mass is 32.2. The van der Waals surface area contributed by atoms with E-state index in [1.165, 1.54) is 11.8 Å². The summed E-state index contributed by atoms with van der Waals surface area (Å²) in [7, 11) is 3.25. The minimum absolute atomic E-state index is 0.0211. The van der Waals surface area contributed by atoms with E-state index < -0.39 is 0 Å². The van der Waals surface area contributed by atoms with Gasteiger partial charge in [0, 0.05) is 13.7 Å². The first kappa shape index (κ1) is 17.5. The number of para-hydroxylation sites is 3. The Morgan fingerprint density at radius 3 is 2.68 bits per heavy atom. The van der Waals surface area contributed by atoms with Crippen molar-refractivity contribution in [2.75, 3.05) is 26.6 Å². The minimum Gasteiger partial charge on any atom is -0.496 e. The first-order chi connectivity index (χ1) is 12.2. The number of rotatable bonds is 8. The molecule has 3 rings (SSSR count). The summed E-state index contributed by atoms with van der Waals surface area (Å²) in [6.07, 6.45) is 0.